The molecule has 1 heterocycles. The molecule has 0 amide bonds. The van der Waals surface area contributed by atoms with Crippen molar-refractivity contribution in [3.05, 3.63) is 30.1 Å². The molecule has 0 spiro atoms. The molecule has 1 rings (SSSR count). The van der Waals surface area contributed by atoms with Crippen molar-refractivity contribution in [2.24, 2.45) is 0 Å². The van der Waals surface area contributed by atoms with Gasteiger partial charge in [0.25, 0.3) is 0 Å². The van der Waals surface area contributed by atoms with Crippen molar-refractivity contribution >= 4 is 5.97 Å². The Morgan fingerprint density at radius 3 is 2.93 bits per heavy atom. The van der Waals surface area contributed by atoms with Gasteiger partial charge in [-0.25, -0.2) is 4.79 Å². The van der Waals surface area contributed by atoms with Gasteiger partial charge in [-0.1, -0.05) is 13.0 Å². The van der Waals surface area contributed by atoms with E-state index in [1.807, 2.05) is 6.92 Å². The van der Waals surface area contributed by atoms with E-state index in [4.69, 9.17) is 4.74 Å². The van der Waals surface area contributed by atoms with Crippen LogP contribution in [0.2, 0.25) is 0 Å². The molecule has 0 aromatic carbocycles. The molecule has 0 aliphatic rings. The Balaban J connectivity index is 2.61. The number of aliphatic hydroxyl groups excluding tert-OH is 1. The van der Waals surface area contributed by atoms with Gasteiger partial charge in [0, 0.05) is 18.0 Å². The van der Waals surface area contributed by atoms with Gasteiger partial charge < -0.3 is 9.84 Å². The lowest BCUT2D eigenvalue weighted by Gasteiger charge is -2.14. The second kappa shape index (κ2) is 5.46. The van der Waals surface area contributed by atoms with Gasteiger partial charge in [-0.2, -0.15) is 0 Å². The molecule has 0 radical (unpaired) electrons. The molecular weight excluding hydrogens is 194 g/mol. The maximum atomic E-state index is 11.4. The lowest BCUT2D eigenvalue weighted by Crippen LogP contribution is -2.20. The van der Waals surface area contributed by atoms with Gasteiger partial charge in [-0.3, -0.25) is 4.98 Å². The maximum Gasteiger partial charge on any atom is 0.339 e. The van der Waals surface area contributed by atoms with Crippen LogP contribution in [0.3, 0.4) is 0 Å². The molecule has 0 aliphatic heterocycles. The van der Waals surface area contributed by atoms with Crippen molar-refractivity contribution < 1.29 is 14.6 Å². The van der Waals surface area contributed by atoms with Crippen LogP contribution >= 0.6 is 0 Å². The first kappa shape index (κ1) is 11.7. The van der Waals surface area contributed by atoms with Crippen LogP contribution in [0.5, 0.6) is 0 Å². The first-order chi connectivity index (χ1) is 7.15. The summed E-state index contributed by atoms with van der Waals surface area (Å²) in [5.74, 6) is -0.627. The summed E-state index contributed by atoms with van der Waals surface area (Å²) in [5.41, 5.74) is 0.450. The molecule has 1 aromatic rings. The Morgan fingerprint density at radius 2 is 2.40 bits per heavy atom. The Labute approximate surface area is 88.9 Å². The van der Waals surface area contributed by atoms with Gasteiger partial charge in [0.15, 0.2) is 6.10 Å². The van der Waals surface area contributed by atoms with Gasteiger partial charge in [-0.15, -0.1) is 0 Å². The molecule has 4 nitrogen and oxygen atoms in total. The summed E-state index contributed by atoms with van der Waals surface area (Å²) in [7, 11) is 0. The summed E-state index contributed by atoms with van der Waals surface area (Å²) >= 11 is 0. The van der Waals surface area contributed by atoms with Gasteiger partial charge >= 0.3 is 5.97 Å². The molecule has 0 aliphatic carbocycles. The van der Waals surface area contributed by atoms with E-state index in [1.165, 1.54) is 6.20 Å². The third-order valence-corrected chi connectivity index (χ3v) is 2.12. The molecule has 0 saturated carbocycles. The minimum absolute atomic E-state index is 0.177. The number of rotatable bonds is 4. The number of pyridine rings is 1. The van der Waals surface area contributed by atoms with Crippen LogP contribution in [-0.2, 0) is 9.53 Å². The molecule has 1 N–H and O–H groups in total. The summed E-state index contributed by atoms with van der Waals surface area (Å²) < 4.78 is 5.00. The molecule has 82 valence electrons. The average Bonchev–Trinajstić information content (AvgIpc) is 2.29. The topological polar surface area (TPSA) is 59.4 Å². The number of nitrogens with zero attached hydrogens (tertiary/aromatic N) is 1. The van der Waals surface area contributed by atoms with Crippen LogP contribution in [-0.4, -0.2) is 22.2 Å². The van der Waals surface area contributed by atoms with Gasteiger partial charge in [0.05, 0.1) is 6.10 Å². The highest BCUT2D eigenvalue weighted by Crippen LogP contribution is 2.14. The SMILES string of the molecule is CCC(C)OC(=O)C(O)c1cccnc1. The number of carbonyl (C=O) groups is 1. The summed E-state index contributed by atoms with van der Waals surface area (Å²) in [5, 5.41) is 9.62. The molecule has 4 heteroatoms. The number of esters is 1. The maximum absolute atomic E-state index is 11.4. The van der Waals surface area contributed by atoms with E-state index in [0.717, 1.165) is 6.42 Å². The van der Waals surface area contributed by atoms with Crippen molar-refractivity contribution in [1.29, 1.82) is 0 Å². The normalized spacial score (nSPS) is 14.3. The number of hydrogen-bond acceptors (Lipinski definition) is 4. The van der Waals surface area contributed by atoms with Crippen molar-refractivity contribution in [1.82, 2.24) is 4.98 Å². The van der Waals surface area contributed by atoms with Gasteiger partial charge in [-0.05, 0) is 19.4 Å². The molecule has 0 bridgehead atoms. The first-order valence-electron chi connectivity index (χ1n) is 4.93. The Hall–Kier alpha value is -1.42. The minimum atomic E-state index is -1.24. The van der Waals surface area contributed by atoms with Crippen LogP contribution in [0, 0.1) is 0 Å². The molecule has 0 saturated heterocycles. The highest BCUT2D eigenvalue weighted by molar-refractivity contribution is 5.76. The fourth-order valence-corrected chi connectivity index (χ4v) is 1.02. The predicted octanol–water partition coefficient (Wildman–Crippen LogP) is 1.46. The van der Waals surface area contributed by atoms with E-state index in [9.17, 15) is 9.90 Å². The fraction of sp³-hybridized carbons (Fsp3) is 0.455. The molecule has 2 unspecified atom stereocenters. The molecule has 0 fully saturated rings. The highest BCUT2D eigenvalue weighted by atomic mass is 16.6. The number of ether oxygens (including phenoxy) is 1. The van der Waals surface area contributed by atoms with Crippen LogP contribution in [0.4, 0.5) is 0 Å². The van der Waals surface area contributed by atoms with Crippen LogP contribution in [0.15, 0.2) is 24.5 Å². The summed E-state index contributed by atoms with van der Waals surface area (Å²) in [6.45, 7) is 3.70. The van der Waals surface area contributed by atoms with Gasteiger partial charge in [0.2, 0.25) is 0 Å². The zero-order valence-corrected chi connectivity index (χ0v) is 8.88. The van der Waals surface area contributed by atoms with Crippen molar-refractivity contribution in [3.63, 3.8) is 0 Å². The van der Waals surface area contributed by atoms with Gasteiger partial charge in [0.1, 0.15) is 0 Å². The number of hydrogen-bond donors (Lipinski definition) is 1. The number of aliphatic hydroxyl groups is 1. The Kier molecular flexibility index (Phi) is 4.24. The third kappa shape index (κ3) is 3.32. The van der Waals surface area contributed by atoms with E-state index in [0.29, 0.717) is 5.56 Å². The zero-order valence-electron chi connectivity index (χ0n) is 8.88. The summed E-state index contributed by atoms with van der Waals surface area (Å²) in [6.07, 6.45) is 2.33. The predicted molar refractivity (Wildman–Crippen MR) is 55.0 cm³/mol. The summed E-state index contributed by atoms with van der Waals surface area (Å²) in [4.78, 5) is 15.2. The van der Waals surface area contributed by atoms with E-state index in [1.54, 1.807) is 25.3 Å². The van der Waals surface area contributed by atoms with E-state index in [-0.39, 0.29) is 6.10 Å². The molecular formula is C11H15NO3. The van der Waals surface area contributed by atoms with Crippen LogP contribution in [0.25, 0.3) is 0 Å². The quantitative estimate of drug-likeness (QED) is 0.762. The van der Waals surface area contributed by atoms with Crippen molar-refractivity contribution in [2.75, 3.05) is 0 Å². The fourth-order valence-electron chi connectivity index (χ4n) is 1.02. The minimum Gasteiger partial charge on any atom is -0.461 e. The number of carbonyl (C=O) groups excluding carboxylic acids is 1. The number of aromatic nitrogens is 1. The highest BCUT2D eigenvalue weighted by Gasteiger charge is 2.20. The van der Waals surface area contributed by atoms with Crippen LogP contribution in [0.1, 0.15) is 31.9 Å². The summed E-state index contributed by atoms with van der Waals surface area (Å²) in [6, 6.07) is 3.30. The standard InChI is InChI=1S/C11H15NO3/c1-3-8(2)15-11(14)10(13)9-5-4-6-12-7-9/h4-8,10,13H,3H2,1-2H3. The third-order valence-electron chi connectivity index (χ3n) is 2.12. The molecule has 2 atom stereocenters. The second-order valence-corrected chi connectivity index (χ2v) is 3.34. The van der Waals surface area contributed by atoms with Crippen LogP contribution < -0.4 is 0 Å². The Morgan fingerprint density at radius 1 is 1.67 bits per heavy atom. The first-order valence-corrected chi connectivity index (χ1v) is 4.93. The van der Waals surface area contributed by atoms with E-state index < -0.39 is 12.1 Å². The van der Waals surface area contributed by atoms with E-state index >= 15 is 0 Å². The zero-order chi connectivity index (χ0) is 11.3. The van der Waals surface area contributed by atoms with Crippen molar-refractivity contribution in [3.8, 4) is 0 Å². The lowest BCUT2D eigenvalue weighted by molar-refractivity contribution is -0.158. The smallest absolute Gasteiger partial charge is 0.339 e. The van der Waals surface area contributed by atoms with E-state index in [2.05, 4.69) is 4.98 Å². The largest absolute Gasteiger partial charge is 0.461 e. The molecule has 1 aromatic heterocycles. The lowest BCUT2D eigenvalue weighted by atomic mass is 10.1. The monoisotopic (exact) mass is 209 g/mol. The van der Waals surface area contributed by atoms with Crippen molar-refractivity contribution in [2.45, 2.75) is 32.5 Å². The average molecular weight is 209 g/mol. The molecule has 15 heavy (non-hydrogen) atoms. The Bertz CT molecular complexity index is 313. The second-order valence-electron chi connectivity index (χ2n) is 3.34.